The molecule has 21 heavy (non-hydrogen) atoms. The van der Waals surface area contributed by atoms with Crippen LogP contribution in [0.4, 0.5) is 0 Å². The summed E-state index contributed by atoms with van der Waals surface area (Å²) in [5.41, 5.74) is 5.88. The number of hydrogen-bond donors (Lipinski definition) is 2. The van der Waals surface area contributed by atoms with Gasteiger partial charge in [0, 0.05) is 6.54 Å². The summed E-state index contributed by atoms with van der Waals surface area (Å²) in [6.07, 6.45) is 0. The first kappa shape index (κ1) is 17.1. The summed E-state index contributed by atoms with van der Waals surface area (Å²) in [5.74, 6) is 1.01. The average molecular weight is 296 g/mol. The molecule has 0 unspecified atom stereocenters. The Morgan fingerprint density at radius 2 is 1.76 bits per heavy atom. The molecule has 0 radical (unpaired) electrons. The minimum atomic E-state index is -0.241. The third kappa shape index (κ3) is 4.01. The molecule has 1 amide bonds. The molecule has 0 bridgehead atoms. The Morgan fingerprint density at radius 3 is 2.24 bits per heavy atom. The first-order valence-corrected chi connectivity index (χ1v) is 6.67. The maximum absolute atomic E-state index is 12.3. The fourth-order valence-electron chi connectivity index (χ4n) is 1.77. The lowest BCUT2D eigenvalue weighted by molar-refractivity contribution is 0.0934. The Morgan fingerprint density at radius 1 is 1.14 bits per heavy atom. The van der Waals surface area contributed by atoms with Gasteiger partial charge in [-0.2, -0.15) is 0 Å². The van der Waals surface area contributed by atoms with Crippen molar-refractivity contribution < 1.29 is 19.0 Å². The van der Waals surface area contributed by atoms with Crippen LogP contribution >= 0.6 is 0 Å². The highest BCUT2D eigenvalue weighted by molar-refractivity contribution is 5.98. The Hall–Kier alpha value is -1.95. The van der Waals surface area contributed by atoms with E-state index in [1.807, 2.05) is 13.8 Å². The molecule has 1 aromatic rings. The van der Waals surface area contributed by atoms with E-state index in [1.54, 1.807) is 12.1 Å². The maximum atomic E-state index is 12.3. The van der Waals surface area contributed by atoms with Crippen molar-refractivity contribution in [1.82, 2.24) is 5.32 Å². The molecule has 0 heterocycles. The van der Waals surface area contributed by atoms with E-state index in [9.17, 15) is 4.79 Å². The van der Waals surface area contributed by atoms with Crippen LogP contribution < -0.4 is 25.3 Å². The Balaban J connectivity index is 3.04. The molecule has 0 spiro atoms. The second-order valence-corrected chi connectivity index (χ2v) is 5.43. The summed E-state index contributed by atoms with van der Waals surface area (Å²) in [4.78, 5) is 12.3. The van der Waals surface area contributed by atoms with Crippen molar-refractivity contribution in [3.05, 3.63) is 17.7 Å². The van der Waals surface area contributed by atoms with Crippen molar-refractivity contribution in [3.63, 3.8) is 0 Å². The van der Waals surface area contributed by atoms with Crippen LogP contribution in [0.2, 0.25) is 0 Å². The third-order valence-corrected chi connectivity index (χ3v) is 3.23. The van der Waals surface area contributed by atoms with Crippen LogP contribution in [0.15, 0.2) is 12.1 Å². The zero-order valence-corrected chi connectivity index (χ0v) is 13.3. The number of nitrogens with two attached hydrogens (primary N) is 1. The second kappa shape index (κ2) is 7.17. The first-order valence-electron chi connectivity index (χ1n) is 6.67. The van der Waals surface area contributed by atoms with Gasteiger partial charge in [-0.25, -0.2) is 0 Å². The maximum Gasteiger partial charge on any atom is 0.255 e. The molecule has 0 aliphatic heterocycles. The van der Waals surface area contributed by atoms with E-state index in [2.05, 4.69) is 5.32 Å². The number of carbonyl (C=O) groups excluding carboxylic acids is 1. The molecule has 1 aromatic carbocycles. The standard InChI is InChI=1S/C15H24N2O4/c1-15(2,8-16)9-17-14(18)10-6-7-11(19-3)13(21-5)12(10)20-4/h6-7H,8-9,16H2,1-5H3,(H,17,18). The van der Waals surface area contributed by atoms with Gasteiger partial charge < -0.3 is 25.3 Å². The van der Waals surface area contributed by atoms with Gasteiger partial charge in [-0.15, -0.1) is 0 Å². The molecule has 1 rings (SSSR count). The Kier molecular flexibility index (Phi) is 5.84. The van der Waals surface area contributed by atoms with Crippen LogP contribution in [-0.4, -0.2) is 40.3 Å². The number of ether oxygens (including phenoxy) is 3. The molecular weight excluding hydrogens is 272 g/mol. The van der Waals surface area contributed by atoms with Crippen LogP contribution in [0.5, 0.6) is 17.2 Å². The van der Waals surface area contributed by atoms with Crippen molar-refractivity contribution in [2.75, 3.05) is 34.4 Å². The van der Waals surface area contributed by atoms with Gasteiger partial charge in [0.2, 0.25) is 5.75 Å². The van der Waals surface area contributed by atoms with Crippen molar-refractivity contribution in [1.29, 1.82) is 0 Å². The normalized spacial score (nSPS) is 11.0. The van der Waals surface area contributed by atoms with Gasteiger partial charge in [0.15, 0.2) is 11.5 Å². The molecular formula is C15H24N2O4. The summed E-state index contributed by atoms with van der Waals surface area (Å²) in [7, 11) is 4.51. The van der Waals surface area contributed by atoms with Gasteiger partial charge in [-0.3, -0.25) is 4.79 Å². The van der Waals surface area contributed by atoms with Crippen LogP contribution in [0.1, 0.15) is 24.2 Å². The SMILES string of the molecule is COc1ccc(C(=O)NCC(C)(C)CN)c(OC)c1OC. The molecule has 0 aromatic heterocycles. The van der Waals surface area contributed by atoms with Crippen molar-refractivity contribution in [2.24, 2.45) is 11.1 Å². The van der Waals surface area contributed by atoms with Gasteiger partial charge in [0.25, 0.3) is 5.91 Å². The number of benzene rings is 1. The largest absolute Gasteiger partial charge is 0.493 e. The van der Waals surface area contributed by atoms with Crippen LogP contribution in [0, 0.1) is 5.41 Å². The number of nitrogens with one attached hydrogen (secondary N) is 1. The lowest BCUT2D eigenvalue weighted by Gasteiger charge is -2.23. The second-order valence-electron chi connectivity index (χ2n) is 5.43. The Bertz CT molecular complexity index is 501. The van der Waals surface area contributed by atoms with Gasteiger partial charge in [0.05, 0.1) is 26.9 Å². The number of methoxy groups -OCH3 is 3. The number of rotatable bonds is 7. The quantitative estimate of drug-likeness (QED) is 0.795. The van der Waals surface area contributed by atoms with E-state index >= 15 is 0 Å². The summed E-state index contributed by atoms with van der Waals surface area (Å²) in [6.45, 7) is 4.93. The van der Waals surface area contributed by atoms with E-state index < -0.39 is 0 Å². The highest BCUT2D eigenvalue weighted by Gasteiger charge is 2.22. The van der Waals surface area contributed by atoms with Gasteiger partial charge in [-0.1, -0.05) is 13.8 Å². The van der Waals surface area contributed by atoms with Gasteiger partial charge in [-0.05, 0) is 24.1 Å². The molecule has 0 saturated carbocycles. The lowest BCUT2D eigenvalue weighted by Crippen LogP contribution is -2.38. The topological polar surface area (TPSA) is 82.8 Å². The molecule has 6 nitrogen and oxygen atoms in total. The molecule has 0 aliphatic carbocycles. The average Bonchev–Trinajstić information content (AvgIpc) is 2.50. The molecule has 0 atom stereocenters. The minimum absolute atomic E-state index is 0.167. The molecule has 118 valence electrons. The monoisotopic (exact) mass is 296 g/mol. The minimum Gasteiger partial charge on any atom is -0.493 e. The van der Waals surface area contributed by atoms with Gasteiger partial charge >= 0.3 is 0 Å². The zero-order valence-electron chi connectivity index (χ0n) is 13.3. The predicted octanol–water partition coefficient (Wildman–Crippen LogP) is 1.43. The molecule has 6 heteroatoms. The molecule has 3 N–H and O–H groups in total. The van der Waals surface area contributed by atoms with Crippen molar-refractivity contribution in [3.8, 4) is 17.2 Å². The van der Waals surface area contributed by atoms with Crippen LogP contribution in [0.25, 0.3) is 0 Å². The smallest absolute Gasteiger partial charge is 0.255 e. The van der Waals surface area contributed by atoms with Crippen molar-refractivity contribution >= 4 is 5.91 Å². The van der Waals surface area contributed by atoms with E-state index in [0.717, 1.165) is 0 Å². The third-order valence-electron chi connectivity index (χ3n) is 3.23. The number of amides is 1. The lowest BCUT2D eigenvalue weighted by atomic mass is 9.94. The highest BCUT2D eigenvalue weighted by Crippen LogP contribution is 2.39. The molecule has 0 saturated heterocycles. The fraction of sp³-hybridized carbons (Fsp3) is 0.533. The van der Waals surface area contributed by atoms with E-state index in [-0.39, 0.29) is 11.3 Å². The van der Waals surface area contributed by atoms with Crippen LogP contribution in [0.3, 0.4) is 0 Å². The first-order chi connectivity index (χ1) is 9.90. The predicted molar refractivity (Wildman–Crippen MR) is 81.3 cm³/mol. The molecule has 0 fully saturated rings. The van der Waals surface area contributed by atoms with Gasteiger partial charge in [0.1, 0.15) is 0 Å². The number of carbonyl (C=O) groups is 1. The summed E-state index contributed by atoms with van der Waals surface area (Å²) < 4.78 is 15.8. The number of hydrogen-bond acceptors (Lipinski definition) is 5. The zero-order chi connectivity index (χ0) is 16.0. The van der Waals surface area contributed by atoms with Crippen molar-refractivity contribution in [2.45, 2.75) is 13.8 Å². The fourth-order valence-corrected chi connectivity index (χ4v) is 1.77. The van der Waals surface area contributed by atoms with E-state index in [0.29, 0.717) is 35.9 Å². The highest BCUT2D eigenvalue weighted by atomic mass is 16.5. The summed E-state index contributed by atoms with van der Waals surface area (Å²) in [6, 6.07) is 3.31. The van der Waals surface area contributed by atoms with E-state index in [1.165, 1.54) is 21.3 Å². The molecule has 0 aliphatic rings. The van der Waals surface area contributed by atoms with E-state index in [4.69, 9.17) is 19.9 Å². The Labute approximate surface area is 125 Å². The summed E-state index contributed by atoms with van der Waals surface area (Å²) >= 11 is 0. The van der Waals surface area contributed by atoms with Crippen LogP contribution in [-0.2, 0) is 0 Å². The summed E-state index contributed by atoms with van der Waals surface area (Å²) in [5, 5.41) is 2.86.